The van der Waals surface area contributed by atoms with E-state index in [2.05, 4.69) is 10.1 Å². The summed E-state index contributed by atoms with van der Waals surface area (Å²) in [5.74, 6) is 2.20. The number of carbonyl (C=O) groups excluding carboxylic acids is 2. The number of amides is 1. The van der Waals surface area contributed by atoms with Gasteiger partial charge in [-0.1, -0.05) is 19.0 Å². The van der Waals surface area contributed by atoms with Gasteiger partial charge in [-0.2, -0.15) is 0 Å². The highest BCUT2D eigenvalue weighted by Gasteiger charge is 2.54. The Morgan fingerprint density at radius 1 is 1.17 bits per heavy atom. The third-order valence-electron chi connectivity index (χ3n) is 8.24. The molecule has 0 atom stereocenters. The minimum Gasteiger partial charge on any atom is -0.467 e. The summed E-state index contributed by atoms with van der Waals surface area (Å²) >= 11 is 0. The van der Waals surface area contributed by atoms with Gasteiger partial charge in [0, 0.05) is 11.7 Å². The number of pyridine rings is 1. The van der Waals surface area contributed by atoms with Crippen LogP contribution in [0.15, 0.2) is 39.6 Å². The molecule has 0 saturated heterocycles. The number of hydrogen-bond acceptors (Lipinski definition) is 7. The largest absolute Gasteiger partial charge is 0.467 e. The topological polar surface area (TPSA) is 98.7 Å². The van der Waals surface area contributed by atoms with E-state index in [1.165, 1.54) is 25.5 Å². The first-order chi connectivity index (χ1) is 16.9. The second-order valence-electron chi connectivity index (χ2n) is 11.1. The molecule has 1 amide bonds. The fourth-order valence-electron chi connectivity index (χ4n) is 7.14. The Labute approximate surface area is 204 Å². The molecule has 0 radical (unpaired) electrons. The van der Waals surface area contributed by atoms with Crippen LogP contribution in [-0.4, -0.2) is 39.1 Å². The summed E-state index contributed by atoms with van der Waals surface area (Å²) in [6, 6.07) is 5.43. The Bertz CT molecular complexity index is 1210. The van der Waals surface area contributed by atoms with Crippen LogP contribution in [0.2, 0.25) is 0 Å². The summed E-state index contributed by atoms with van der Waals surface area (Å²) in [6.07, 6.45) is 10.00. The fourth-order valence-corrected chi connectivity index (χ4v) is 7.14. The molecule has 4 aliphatic carbocycles. The zero-order valence-electron chi connectivity index (χ0n) is 20.2. The van der Waals surface area contributed by atoms with Crippen LogP contribution in [0.1, 0.15) is 80.1 Å². The molecular weight excluding hydrogens is 446 g/mol. The van der Waals surface area contributed by atoms with E-state index in [4.69, 9.17) is 13.7 Å². The molecule has 184 valence electrons. The maximum atomic E-state index is 13.6. The molecule has 0 aliphatic heterocycles. The molecule has 35 heavy (non-hydrogen) atoms. The van der Waals surface area contributed by atoms with E-state index in [1.807, 2.05) is 30.9 Å². The fraction of sp³-hybridized carbons (Fsp3) is 0.556. The molecule has 3 aromatic heterocycles. The number of fused-ring (bicyclic) bond motifs is 1. The van der Waals surface area contributed by atoms with Crippen molar-refractivity contribution in [2.75, 3.05) is 6.61 Å². The lowest BCUT2D eigenvalue weighted by molar-refractivity contribution is -0.156. The van der Waals surface area contributed by atoms with Gasteiger partial charge < -0.3 is 18.6 Å². The van der Waals surface area contributed by atoms with Gasteiger partial charge in [-0.15, -0.1) is 0 Å². The van der Waals surface area contributed by atoms with Gasteiger partial charge in [0.15, 0.2) is 6.61 Å². The highest BCUT2D eigenvalue weighted by atomic mass is 16.5. The molecule has 8 heteroatoms. The highest BCUT2D eigenvalue weighted by Crippen LogP contribution is 2.58. The van der Waals surface area contributed by atoms with Gasteiger partial charge in [0.1, 0.15) is 5.76 Å². The van der Waals surface area contributed by atoms with Crippen LogP contribution in [0.3, 0.4) is 0 Å². The minimum atomic E-state index is -0.577. The van der Waals surface area contributed by atoms with E-state index in [0.717, 1.165) is 30.7 Å². The standard InChI is InChI=1S/C27H31N3O5/c1-16(2)24-22-9-20(13-28-25(22)35-29-24)26(32)34-15-23(31)30(14-21-4-3-5-33-21)27-10-17-6-18(11-27)8-19(7-17)12-27/h3-5,9,13,16-19H,6-8,10-12,14-15H2,1-2H3. The molecule has 4 saturated carbocycles. The van der Waals surface area contributed by atoms with E-state index in [9.17, 15) is 9.59 Å². The normalized spacial score (nSPS) is 27.0. The van der Waals surface area contributed by atoms with Crippen molar-refractivity contribution in [3.63, 3.8) is 0 Å². The van der Waals surface area contributed by atoms with Crippen LogP contribution < -0.4 is 0 Å². The highest BCUT2D eigenvalue weighted by molar-refractivity contribution is 5.94. The summed E-state index contributed by atoms with van der Waals surface area (Å²) in [4.78, 5) is 32.6. The number of hydrogen-bond donors (Lipinski definition) is 0. The van der Waals surface area contributed by atoms with Crippen LogP contribution in [0.25, 0.3) is 11.1 Å². The van der Waals surface area contributed by atoms with E-state index < -0.39 is 5.97 Å². The number of esters is 1. The molecule has 8 nitrogen and oxygen atoms in total. The van der Waals surface area contributed by atoms with Crippen LogP contribution in [0.5, 0.6) is 0 Å². The van der Waals surface area contributed by atoms with Crippen molar-refractivity contribution >= 4 is 23.0 Å². The van der Waals surface area contributed by atoms with Gasteiger partial charge in [-0.25, -0.2) is 9.78 Å². The van der Waals surface area contributed by atoms with Gasteiger partial charge in [-0.3, -0.25) is 4.79 Å². The average Bonchev–Trinajstić information content (AvgIpc) is 3.49. The van der Waals surface area contributed by atoms with E-state index >= 15 is 0 Å². The zero-order valence-corrected chi connectivity index (χ0v) is 20.2. The summed E-state index contributed by atoms with van der Waals surface area (Å²) in [5, 5.41) is 4.75. The zero-order chi connectivity index (χ0) is 24.2. The quantitative estimate of drug-likeness (QED) is 0.437. The maximum Gasteiger partial charge on any atom is 0.340 e. The van der Waals surface area contributed by atoms with Crippen molar-refractivity contribution in [1.82, 2.24) is 15.0 Å². The van der Waals surface area contributed by atoms with Gasteiger partial charge >= 0.3 is 5.97 Å². The number of furan rings is 1. The van der Waals surface area contributed by atoms with Gasteiger partial charge in [-0.05, 0) is 80.4 Å². The second-order valence-corrected chi connectivity index (χ2v) is 11.1. The Hall–Kier alpha value is -3.16. The van der Waals surface area contributed by atoms with Crippen molar-refractivity contribution in [2.45, 2.75) is 70.4 Å². The SMILES string of the molecule is CC(C)c1noc2ncc(C(=O)OCC(=O)N(Cc3ccco3)C34CC5CC(CC(C5)C3)C4)cc12. The predicted octanol–water partition coefficient (Wildman–Crippen LogP) is 5.09. The molecule has 3 aromatic rings. The lowest BCUT2D eigenvalue weighted by Gasteiger charge is -2.60. The first-order valence-corrected chi connectivity index (χ1v) is 12.7. The molecule has 0 N–H and O–H groups in total. The van der Waals surface area contributed by atoms with E-state index in [1.54, 1.807) is 12.3 Å². The van der Waals surface area contributed by atoms with E-state index in [-0.39, 0.29) is 29.5 Å². The predicted molar refractivity (Wildman–Crippen MR) is 126 cm³/mol. The molecule has 7 rings (SSSR count). The molecule has 3 heterocycles. The summed E-state index contributed by atoms with van der Waals surface area (Å²) in [5.41, 5.74) is 1.24. The molecule has 4 aliphatic rings. The maximum absolute atomic E-state index is 13.6. The lowest BCUT2D eigenvalue weighted by Crippen LogP contribution is -2.61. The number of aromatic nitrogens is 2. The lowest BCUT2D eigenvalue weighted by atomic mass is 9.52. The Morgan fingerprint density at radius 3 is 2.51 bits per heavy atom. The molecular formula is C27H31N3O5. The molecule has 0 spiro atoms. The van der Waals surface area contributed by atoms with Crippen LogP contribution in [0, 0.1) is 17.8 Å². The van der Waals surface area contributed by atoms with Gasteiger partial charge in [0.2, 0.25) is 0 Å². The van der Waals surface area contributed by atoms with Gasteiger partial charge in [0.05, 0.1) is 29.5 Å². The Balaban J connectivity index is 1.21. The van der Waals surface area contributed by atoms with Crippen LogP contribution in [-0.2, 0) is 16.1 Å². The number of rotatable bonds is 7. The summed E-state index contributed by atoms with van der Waals surface area (Å²) < 4.78 is 16.4. The van der Waals surface area contributed by atoms with Crippen LogP contribution >= 0.6 is 0 Å². The molecule has 4 fully saturated rings. The third-order valence-corrected chi connectivity index (χ3v) is 8.24. The van der Waals surface area contributed by atoms with Gasteiger partial charge in [0.25, 0.3) is 11.6 Å². The monoisotopic (exact) mass is 477 g/mol. The summed E-state index contributed by atoms with van der Waals surface area (Å²) in [6.45, 7) is 4.10. The number of carbonyl (C=O) groups is 2. The van der Waals surface area contributed by atoms with Crippen molar-refractivity contribution < 1.29 is 23.3 Å². The Morgan fingerprint density at radius 2 is 1.89 bits per heavy atom. The Kier molecular flexibility index (Phi) is 5.42. The molecule has 0 unspecified atom stereocenters. The van der Waals surface area contributed by atoms with Crippen molar-refractivity contribution in [2.24, 2.45) is 17.8 Å². The van der Waals surface area contributed by atoms with Crippen molar-refractivity contribution in [1.29, 1.82) is 0 Å². The number of nitrogens with zero attached hydrogens (tertiary/aromatic N) is 3. The van der Waals surface area contributed by atoms with Crippen molar-refractivity contribution in [3.05, 3.63) is 47.7 Å². The minimum absolute atomic E-state index is 0.126. The van der Waals surface area contributed by atoms with E-state index in [0.29, 0.717) is 35.4 Å². The van der Waals surface area contributed by atoms with Crippen LogP contribution in [0.4, 0.5) is 0 Å². The summed E-state index contributed by atoms with van der Waals surface area (Å²) in [7, 11) is 0. The average molecular weight is 478 g/mol. The smallest absolute Gasteiger partial charge is 0.340 e. The third kappa shape index (κ3) is 4.02. The molecule has 0 aromatic carbocycles. The molecule has 4 bridgehead atoms. The first kappa shape index (κ1) is 22.3. The first-order valence-electron chi connectivity index (χ1n) is 12.7. The number of ether oxygens (including phenoxy) is 1. The second kappa shape index (κ2) is 8.50. The van der Waals surface area contributed by atoms with Crippen molar-refractivity contribution in [3.8, 4) is 0 Å².